The number of halogens is 3. The van der Waals surface area contributed by atoms with Crippen LogP contribution in [0.4, 0.5) is 13.2 Å². The molecule has 0 saturated carbocycles. The van der Waals surface area contributed by atoms with Crippen LogP contribution in [-0.4, -0.2) is 22.4 Å². The predicted molar refractivity (Wildman–Crippen MR) is 151 cm³/mol. The van der Waals surface area contributed by atoms with Crippen molar-refractivity contribution in [1.82, 2.24) is 15.3 Å². The number of hydrogen-bond acceptors (Lipinski definition) is 2. The molecule has 0 aliphatic rings. The van der Waals surface area contributed by atoms with E-state index in [0.717, 1.165) is 29.1 Å². The first-order chi connectivity index (χ1) is 19.3. The summed E-state index contributed by atoms with van der Waals surface area (Å²) in [5.74, 6) is -2.20. The topological polar surface area (TPSA) is 57.8 Å². The number of nitrogens with zero attached hydrogens (tertiary/aromatic N) is 1. The fraction of sp³-hybridized carbons (Fsp3) is 0.212. The summed E-state index contributed by atoms with van der Waals surface area (Å²) < 4.78 is 42.5. The number of carbonyl (C=O) groups is 1. The maximum absolute atomic E-state index is 14.3. The van der Waals surface area contributed by atoms with Crippen LogP contribution in [0.25, 0.3) is 22.0 Å². The van der Waals surface area contributed by atoms with Crippen molar-refractivity contribution in [3.63, 3.8) is 0 Å². The number of pyridine rings is 1. The molecule has 1 amide bonds. The summed E-state index contributed by atoms with van der Waals surface area (Å²) in [6.07, 6.45) is 4.29. The van der Waals surface area contributed by atoms with Crippen LogP contribution in [0.15, 0.2) is 85.2 Å². The van der Waals surface area contributed by atoms with Gasteiger partial charge in [-0.1, -0.05) is 44.2 Å². The Morgan fingerprint density at radius 2 is 1.68 bits per heavy atom. The highest BCUT2D eigenvalue weighted by molar-refractivity contribution is 5.89. The van der Waals surface area contributed by atoms with Gasteiger partial charge in [0, 0.05) is 47.4 Å². The smallest absolute Gasteiger partial charge is 0.224 e. The number of carbonyl (C=O) groups excluding carboxylic acids is 1. The fourth-order valence-electron chi connectivity index (χ4n) is 5.13. The number of H-pyrrole nitrogens is 1. The second kappa shape index (κ2) is 11.8. The van der Waals surface area contributed by atoms with Gasteiger partial charge in [0.1, 0.15) is 17.5 Å². The van der Waals surface area contributed by atoms with E-state index in [9.17, 15) is 18.0 Å². The molecule has 0 fully saturated rings. The normalized spacial score (nSPS) is 12.2. The second-order valence-corrected chi connectivity index (χ2v) is 10.5. The van der Waals surface area contributed by atoms with Gasteiger partial charge in [-0.25, -0.2) is 13.2 Å². The number of aromatic nitrogens is 2. The molecule has 1 atom stereocenters. The van der Waals surface area contributed by atoms with Gasteiger partial charge in [-0.2, -0.15) is 0 Å². The van der Waals surface area contributed by atoms with E-state index < -0.39 is 17.6 Å². The van der Waals surface area contributed by atoms with Crippen molar-refractivity contribution in [3.05, 3.63) is 125 Å². The summed E-state index contributed by atoms with van der Waals surface area (Å²) in [6.45, 7) is 4.40. The Morgan fingerprint density at radius 1 is 0.925 bits per heavy atom. The van der Waals surface area contributed by atoms with Crippen LogP contribution in [0, 0.1) is 23.4 Å². The third-order valence-electron chi connectivity index (χ3n) is 6.95. The Balaban J connectivity index is 1.45. The van der Waals surface area contributed by atoms with Crippen LogP contribution in [0.1, 0.15) is 42.1 Å². The summed E-state index contributed by atoms with van der Waals surface area (Å²) in [4.78, 5) is 20.7. The molecule has 4 nitrogen and oxygen atoms in total. The molecule has 2 heterocycles. The Bertz CT molecular complexity index is 1620. The first-order valence-electron chi connectivity index (χ1n) is 13.3. The molecular weight excluding hydrogens is 511 g/mol. The van der Waals surface area contributed by atoms with Gasteiger partial charge >= 0.3 is 0 Å². The van der Waals surface area contributed by atoms with E-state index in [1.54, 1.807) is 18.5 Å². The second-order valence-electron chi connectivity index (χ2n) is 10.5. The minimum absolute atomic E-state index is 0.0140. The molecule has 0 aliphatic heterocycles. The van der Waals surface area contributed by atoms with Crippen molar-refractivity contribution in [2.24, 2.45) is 5.92 Å². The average Bonchev–Trinajstić information content (AvgIpc) is 3.30. The van der Waals surface area contributed by atoms with Gasteiger partial charge in [-0.3, -0.25) is 9.78 Å². The van der Waals surface area contributed by atoms with Crippen LogP contribution < -0.4 is 5.32 Å². The summed E-state index contributed by atoms with van der Waals surface area (Å²) in [5, 5.41) is 3.55. The van der Waals surface area contributed by atoms with Gasteiger partial charge in [0.05, 0.1) is 12.1 Å². The molecule has 1 unspecified atom stereocenters. The van der Waals surface area contributed by atoms with Gasteiger partial charge in [0.15, 0.2) is 0 Å². The molecule has 0 bridgehead atoms. The van der Waals surface area contributed by atoms with E-state index in [1.807, 2.05) is 24.3 Å². The van der Waals surface area contributed by atoms with Gasteiger partial charge in [-0.05, 0) is 71.0 Å². The number of rotatable bonds is 9. The summed E-state index contributed by atoms with van der Waals surface area (Å²) >= 11 is 0. The number of aromatic amines is 1. The van der Waals surface area contributed by atoms with E-state index >= 15 is 0 Å². The monoisotopic (exact) mass is 541 g/mol. The maximum atomic E-state index is 14.3. The van der Waals surface area contributed by atoms with E-state index in [4.69, 9.17) is 0 Å². The van der Waals surface area contributed by atoms with Gasteiger partial charge < -0.3 is 10.3 Å². The predicted octanol–water partition coefficient (Wildman–Crippen LogP) is 7.34. The molecule has 0 aliphatic carbocycles. The maximum Gasteiger partial charge on any atom is 0.224 e. The lowest BCUT2D eigenvalue weighted by atomic mass is 9.89. The number of nitrogens with one attached hydrogen (secondary N) is 2. The third kappa shape index (κ3) is 6.25. The van der Waals surface area contributed by atoms with E-state index in [-0.39, 0.29) is 24.7 Å². The number of amides is 1. The third-order valence-corrected chi connectivity index (χ3v) is 6.95. The van der Waals surface area contributed by atoms with Crippen molar-refractivity contribution in [1.29, 1.82) is 0 Å². The van der Waals surface area contributed by atoms with Gasteiger partial charge in [0.25, 0.3) is 0 Å². The molecule has 5 aromatic rings. The van der Waals surface area contributed by atoms with Crippen LogP contribution in [0.5, 0.6) is 0 Å². The standard InChI is InChI=1S/C33H30F3N3O/c1-20(2)12-21-5-7-22(8-6-21)28-4-3-11-37-33(28)30(23-13-26(35)16-27(36)14-23)19-39-32(40)15-24-18-38-31-10-9-25(34)17-29(24)31/h3-11,13-14,16-18,20,30,38H,12,15,19H2,1-2H3,(H,39,40). The largest absolute Gasteiger partial charge is 0.361 e. The Labute approximate surface area is 231 Å². The first kappa shape index (κ1) is 27.2. The molecule has 2 aromatic heterocycles. The van der Waals surface area contributed by atoms with Crippen LogP contribution in [0.3, 0.4) is 0 Å². The summed E-state index contributed by atoms with van der Waals surface area (Å²) in [5.41, 5.74) is 5.30. The SMILES string of the molecule is CC(C)Cc1ccc(-c2cccnc2C(CNC(=O)Cc2c[nH]c3ccc(F)cc23)c2cc(F)cc(F)c2)cc1. The zero-order valence-corrected chi connectivity index (χ0v) is 22.3. The minimum atomic E-state index is -0.706. The lowest BCUT2D eigenvalue weighted by Gasteiger charge is -2.21. The summed E-state index contributed by atoms with van der Waals surface area (Å²) in [7, 11) is 0. The number of hydrogen-bond donors (Lipinski definition) is 2. The fourth-order valence-corrected chi connectivity index (χ4v) is 5.13. The van der Waals surface area contributed by atoms with Crippen molar-refractivity contribution in [2.45, 2.75) is 32.6 Å². The minimum Gasteiger partial charge on any atom is -0.361 e. The van der Waals surface area contributed by atoms with Crippen molar-refractivity contribution >= 4 is 16.8 Å². The molecule has 7 heteroatoms. The highest BCUT2D eigenvalue weighted by atomic mass is 19.1. The quantitative estimate of drug-likeness (QED) is 0.205. The molecule has 5 rings (SSSR count). The molecule has 2 N–H and O–H groups in total. The molecule has 204 valence electrons. The zero-order chi connectivity index (χ0) is 28.2. The Hall–Kier alpha value is -4.39. The van der Waals surface area contributed by atoms with Crippen LogP contribution in [-0.2, 0) is 17.6 Å². The van der Waals surface area contributed by atoms with Crippen molar-refractivity contribution in [2.75, 3.05) is 6.54 Å². The van der Waals surface area contributed by atoms with E-state index in [0.29, 0.717) is 28.1 Å². The van der Waals surface area contributed by atoms with Crippen LogP contribution in [0.2, 0.25) is 0 Å². The van der Waals surface area contributed by atoms with Crippen LogP contribution >= 0.6 is 0 Å². The Kier molecular flexibility index (Phi) is 8.01. The molecule has 3 aromatic carbocycles. The number of fused-ring (bicyclic) bond motifs is 1. The van der Waals surface area contributed by atoms with E-state index in [2.05, 4.69) is 41.3 Å². The van der Waals surface area contributed by atoms with Crippen molar-refractivity contribution in [3.8, 4) is 11.1 Å². The molecule has 0 saturated heterocycles. The van der Waals surface area contributed by atoms with Gasteiger partial charge in [0.2, 0.25) is 5.91 Å². The van der Waals surface area contributed by atoms with E-state index in [1.165, 1.54) is 29.8 Å². The van der Waals surface area contributed by atoms with Crippen molar-refractivity contribution < 1.29 is 18.0 Å². The molecule has 40 heavy (non-hydrogen) atoms. The average molecular weight is 542 g/mol. The highest BCUT2D eigenvalue weighted by Gasteiger charge is 2.23. The lowest BCUT2D eigenvalue weighted by molar-refractivity contribution is -0.120. The number of benzene rings is 3. The summed E-state index contributed by atoms with van der Waals surface area (Å²) in [6, 6.07) is 19.7. The molecule has 0 spiro atoms. The molecule has 0 radical (unpaired) electrons. The zero-order valence-electron chi connectivity index (χ0n) is 22.3. The first-order valence-corrected chi connectivity index (χ1v) is 13.3. The molecular formula is C33H30F3N3O. The lowest BCUT2D eigenvalue weighted by Crippen LogP contribution is -2.30. The Morgan fingerprint density at radius 3 is 2.40 bits per heavy atom. The van der Waals surface area contributed by atoms with Gasteiger partial charge in [-0.15, -0.1) is 0 Å². The highest BCUT2D eigenvalue weighted by Crippen LogP contribution is 2.33.